The molecule has 0 aliphatic rings. The lowest BCUT2D eigenvalue weighted by atomic mass is 9.98. The standard InChI is InChI=1S/C16H16BrF2N/c1-2-20-16(9-11-3-6-13(18)7-4-11)14-10-12(17)5-8-15(14)19/h3-8,10,16,20H,2,9H2,1H3. The van der Waals surface area contributed by atoms with E-state index in [0.29, 0.717) is 12.0 Å². The molecule has 2 rings (SSSR count). The first-order chi connectivity index (χ1) is 9.60. The third-order valence-electron chi connectivity index (χ3n) is 3.14. The van der Waals surface area contributed by atoms with Crippen molar-refractivity contribution < 1.29 is 8.78 Å². The van der Waals surface area contributed by atoms with Crippen molar-refractivity contribution in [1.29, 1.82) is 0 Å². The molecule has 0 saturated heterocycles. The molecule has 4 heteroatoms. The molecule has 0 aliphatic heterocycles. The van der Waals surface area contributed by atoms with Crippen molar-refractivity contribution in [2.45, 2.75) is 19.4 Å². The summed E-state index contributed by atoms with van der Waals surface area (Å²) in [6.07, 6.45) is 0.613. The average Bonchev–Trinajstić information content (AvgIpc) is 2.43. The van der Waals surface area contributed by atoms with Crippen molar-refractivity contribution in [1.82, 2.24) is 5.32 Å². The molecule has 1 nitrogen and oxygen atoms in total. The van der Waals surface area contributed by atoms with Crippen molar-refractivity contribution in [3.63, 3.8) is 0 Å². The Morgan fingerprint density at radius 2 is 1.80 bits per heavy atom. The molecule has 106 valence electrons. The summed E-state index contributed by atoms with van der Waals surface area (Å²) >= 11 is 3.37. The van der Waals surface area contributed by atoms with E-state index in [9.17, 15) is 8.78 Å². The molecule has 2 aromatic carbocycles. The van der Waals surface area contributed by atoms with Crippen molar-refractivity contribution in [2.24, 2.45) is 0 Å². The Morgan fingerprint density at radius 1 is 1.10 bits per heavy atom. The van der Waals surface area contributed by atoms with Crippen LogP contribution in [0.25, 0.3) is 0 Å². The zero-order valence-corrected chi connectivity index (χ0v) is 12.8. The van der Waals surface area contributed by atoms with E-state index in [-0.39, 0.29) is 17.7 Å². The van der Waals surface area contributed by atoms with E-state index in [0.717, 1.165) is 16.6 Å². The molecule has 1 unspecified atom stereocenters. The maximum atomic E-state index is 14.0. The number of nitrogens with one attached hydrogen (secondary N) is 1. The minimum atomic E-state index is -0.262. The number of benzene rings is 2. The second kappa shape index (κ2) is 6.95. The van der Waals surface area contributed by atoms with Crippen molar-refractivity contribution >= 4 is 15.9 Å². The summed E-state index contributed by atoms with van der Waals surface area (Å²) in [5, 5.41) is 3.28. The Labute approximate surface area is 126 Å². The van der Waals surface area contributed by atoms with Gasteiger partial charge in [0.2, 0.25) is 0 Å². The SMILES string of the molecule is CCNC(Cc1ccc(F)cc1)c1cc(Br)ccc1F. The molecule has 0 aromatic heterocycles. The van der Waals surface area contributed by atoms with E-state index in [2.05, 4.69) is 21.2 Å². The zero-order chi connectivity index (χ0) is 14.5. The first-order valence-electron chi connectivity index (χ1n) is 6.53. The van der Waals surface area contributed by atoms with Crippen molar-refractivity contribution in [3.8, 4) is 0 Å². The minimum absolute atomic E-state index is 0.136. The maximum Gasteiger partial charge on any atom is 0.128 e. The maximum absolute atomic E-state index is 14.0. The molecule has 1 atom stereocenters. The van der Waals surface area contributed by atoms with E-state index in [4.69, 9.17) is 0 Å². The van der Waals surface area contributed by atoms with Gasteiger partial charge in [-0.1, -0.05) is 35.0 Å². The van der Waals surface area contributed by atoms with E-state index < -0.39 is 0 Å². The molecule has 0 amide bonds. The predicted molar refractivity (Wildman–Crippen MR) is 80.6 cm³/mol. The first kappa shape index (κ1) is 15.1. The van der Waals surface area contributed by atoms with Gasteiger partial charge in [-0.3, -0.25) is 0 Å². The van der Waals surface area contributed by atoms with Gasteiger partial charge in [0.15, 0.2) is 0 Å². The summed E-state index contributed by atoms with van der Waals surface area (Å²) < 4.78 is 27.8. The molecular formula is C16H16BrF2N. The van der Waals surface area contributed by atoms with Crippen LogP contribution in [0, 0.1) is 11.6 Å². The van der Waals surface area contributed by atoms with Crippen LogP contribution in [0.2, 0.25) is 0 Å². The van der Waals surface area contributed by atoms with E-state index >= 15 is 0 Å². The van der Waals surface area contributed by atoms with Gasteiger partial charge in [-0.25, -0.2) is 8.78 Å². The monoisotopic (exact) mass is 339 g/mol. The van der Waals surface area contributed by atoms with Gasteiger partial charge in [0.05, 0.1) is 0 Å². The van der Waals surface area contributed by atoms with Crippen LogP contribution in [0.15, 0.2) is 46.9 Å². The van der Waals surface area contributed by atoms with Crippen LogP contribution in [0.1, 0.15) is 24.1 Å². The van der Waals surface area contributed by atoms with Crippen LogP contribution in [-0.2, 0) is 6.42 Å². The molecule has 0 fully saturated rings. The summed E-state index contributed by atoms with van der Waals surface area (Å²) in [5.41, 5.74) is 1.59. The van der Waals surface area contributed by atoms with Gasteiger partial charge in [-0.2, -0.15) is 0 Å². The molecule has 0 spiro atoms. The third-order valence-corrected chi connectivity index (χ3v) is 3.63. The second-order valence-corrected chi connectivity index (χ2v) is 5.52. The van der Waals surface area contributed by atoms with Gasteiger partial charge in [0.1, 0.15) is 11.6 Å². The fourth-order valence-corrected chi connectivity index (χ4v) is 2.56. The van der Waals surface area contributed by atoms with Crippen LogP contribution in [0.4, 0.5) is 8.78 Å². The van der Waals surface area contributed by atoms with E-state index in [1.54, 1.807) is 24.3 Å². The highest BCUT2D eigenvalue weighted by Crippen LogP contribution is 2.24. The van der Waals surface area contributed by atoms with Crippen LogP contribution in [0.5, 0.6) is 0 Å². The highest BCUT2D eigenvalue weighted by molar-refractivity contribution is 9.10. The molecule has 0 aliphatic carbocycles. The molecular weight excluding hydrogens is 324 g/mol. The Hall–Kier alpha value is -1.26. The van der Waals surface area contributed by atoms with Gasteiger partial charge < -0.3 is 5.32 Å². The van der Waals surface area contributed by atoms with Crippen LogP contribution >= 0.6 is 15.9 Å². The highest BCUT2D eigenvalue weighted by atomic mass is 79.9. The molecule has 0 radical (unpaired) electrons. The predicted octanol–water partition coefficient (Wildman–Crippen LogP) is 4.62. The summed E-state index contributed by atoms with van der Waals surface area (Å²) in [4.78, 5) is 0. The Bertz CT molecular complexity index is 569. The number of halogens is 3. The number of hydrogen-bond donors (Lipinski definition) is 1. The lowest BCUT2D eigenvalue weighted by Crippen LogP contribution is -2.24. The number of hydrogen-bond acceptors (Lipinski definition) is 1. The summed E-state index contributed by atoms with van der Waals surface area (Å²) in [6, 6.07) is 11.1. The lowest BCUT2D eigenvalue weighted by Gasteiger charge is -2.19. The fourth-order valence-electron chi connectivity index (χ4n) is 2.18. The van der Waals surface area contributed by atoms with E-state index in [1.807, 2.05) is 6.92 Å². The molecule has 0 heterocycles. The summed E-state index contributed by atoms with van der Waals surface area (Å²) in [6.45, 7) is 2.71. The zero-order valence-electron chi connectivity index (χ0n) is 11.2. The summed E-state index contributed by atoms with van der Waals surface area (Å²) in [5.74, 6) is -0.497. The molecule has 20 heavy (non-hydrogen) atoms. The average molecular weight is 340 g/mol. The Kier molecular flexibility index (Phi) is 5.26. The second-order valence-electron chi connectivity index (χ2n) is 4.61. The van der Waals surface area contributed by atoms with Crippen LogP contribution in [0.3, 0.4) is 0 Å². The minimum Gasteiger partial charge on any atom is -0.310 e. The topological polar surface area (TPSA) is 12.0 Å². The van der Waals surface area contributed by atoms with Crippen LogP contribution in [-0.4, -0.2) is 6.54 Å². The smallest absolute Gasteiger partial charge is 0.128 e. The van der Waals surface area contributed by atoms with Gasteiger partial charge in [-0.05, 0) is 48.9 Å². The normalized spacial score (nSPS) is 12.4. The third kappa shape index (κ3) is 3.87. The number of rotatable bonds is 5. The van der Waals surface area contributed by atoms with Gasteiger partial charge in [-0.15, -0.1) is 0 Å². The largest absolute Gasteiger partial charge is 0.310 e. The van der Waals surface area contributed by atoms with Gasteiger partial charge in [0.25, 0.3) is 0 Å². The Balaban J connectivity index is 2.26. The first-order valence-corrected chi connectivity index (χ1v) is 7.32. The summed E-state index contributed by atoms with van der Waals surface area (Å²) in [7, 11) is 0. The molecule has 2 aromatic rings. The molecule has 1 N–H and O–H groups in total. The van der Waals surface area contributed by atoms with E-state index in [1.165, 1.54) is 18.2 Å². The van der Waals surface area contributed by atoms with Crippen LogP contribution < -0.4 is 5.32 Å². The quantitative estimate of drug-likeness (QED) is 0.837. The Morgan fingerprint density at radius 3 is 2.45 bits per heavy atom. The fraction of sp³-hybridized carbons (Fsp3) is 0.250. The highest BCUT2D eigenvalue weighted by Gasteiger charge is 2.16. The molecule has 0 saturated carbocycles. The van der Waals surface area contributed by atoms with Gasteiger partial charge in [0, 0.05) is 16.1 Å². The van der Waals surface area contributed by atoms with Gasteiger partial charge >= 0.3 is 0 Å². The molecule has 0 bridgehead atoms. The van der Waals surface area contributed by atoms with Crippen molar-refractivity contribution in [2.75, 3.05) is 6.54 Å². The number of likely N-dealkylation sites (N-methyl/N-ethyl adjacent to an activating group) is 1. The van der Waals surface area contributed by atoms with Crippen molar-refractivity contribution in [3.05, 3.63) is 69.7 Å². The lowest BCUT2D eigenvalue weighted by molar-refractivity contribution is 0.509.